The van der Waals surface area contributed by atoms with Gasteiger partial charge in [0.25, 0.3) is 0 Å². The van der Waals surface area contributed by atoms with Crippen LogP contribution >= 0.6 is 0 Å². The Morgan fingerprint density at radius 2 is 2.36 bits per heavy atom. The Bertz CT molecular complexity index is 475. The number of aromatic nitrogens is 1. The lowest BCUT2D eigenvalue weighted by Gasteiger charge is -2.35. The molecular weight excluding hydrogens is 278 g/mol. The van der Waals surface area contributed by atoms with E-state index in [4.69, 9.17) is 0 Å². The number of nitrogens with zero attached hydrogens (tertiary/aromatic N) is 2. The Labute approximate surface area is 131 Å². The largest absolute Gasteiger partial charge is 0.349 e. The van der Waals surface area contributed by atoms with Crippen molar-refractivity contribution in [1.29, 1.82) is 0 Å². The molecule has 1 aromatic rings. The van der Waals surface area contributed by atoms with Gasteiger partial charge in [-0.2, -0.15) is 0 Å². The van der Waals surface area contributed by atoms with E-state index >= 15 is 0 Å². The molecule has 3 N–H and O–H groups in total. The van der Waals surface area contributed by atoms with E-state index in [1.54, 1.807) is 6.20 Å². The van der Waals surface area contributed by atoms with Crippen LogP contribution in [-0.4, -0.2) is 48.0 Å². The van der Waals surface area contributed by atoms with Gasteiger partial charge in [0.2, 0.25) is 5.91 Å². The third-order valence-electron chi connectivity index (χ3n) is 4.54. The van der Waals surface area contributed by atoms with Gasteiger partial charge in [-0.15, -0.1) is 0 Å². The van der Waals surface area contributed by atoms with Crippen molar-refractivity contribution in [3.63, 3.8) is 0 Å². The molecule has 6 nitrogen and oxygen atoms in total. The first kappa shape index (κ1) is 15.4. The van der Waals surface area contributed by atoms with Crippen molar-refractivity contribution in [2.75, 3.05) is 26.2 Å². The SMILES string of the molecule is O=C(CN1CCCC(C2CCNN2)C1)NCc1ccccn1. The monoisotopic (exact) mass is 303 g/mol. The summed E-state index contributed by atoms with van der Waals surface area (Å²) in [6, 6.07) is 6.30. The minimum Gasteiger partial charge on any atom is -0.349 e. The Balaban J connectivity index is 1.42. The van der Waals surface area contributed by atoms with E-state index in [0.717, 1.165) is 25.3 Å². The molecule has 2 aliphatic rings. The highest BCUT2D eigenvalue weighted by molar-refractivity contribution is 5.77. The van der Waals surface area contributed by atoms with Crippen molar-refractivity contribution in [3.8, 4) is 0 Å². The average molecular weight is 303 g/mol. The third-order valence-corrected chi connectivity index (χ3v) is 4.54. The van der Waals surface area contributed by atoms with Crippen LogP contribution in [0.25, 0.3) is 0 Å². The molecule has 3 rings (SSSR count). The summed E-state index contributed by atoms with van der Waals surface area (Å²) in [4.78, 5) is 18.6. The number of carbonyl (C=O) groups excluding carboxylic acids is 1. The molecule has 2 atom stereocenters. The van der Waals surface area contributed by atoms with Crippen LogP contribution in [0.2, 0.25) is 0 Å². The van der Waals surface area contributed by atoms with Gasteiger partial charge >= 0.3 is 0 Å². The fourth-order valence-electron chi connectivity index (χ4n) is 3.37. The Kier molecular flexibility index (Phi) is 5.37. The maximum atomic E-state index is 12.1. The number of nitrogens with one attached hydrogen (secondary N) is 3. The quantitative estimate of drug-likeness (QED) is 0.729. The van der Waals surface area contributed by atoms with Gasteiger partial charge < -0.3 is 5.32 Å². The standard InChI is InChI=1S/C16H25N5O/c22-16(18-10-14-5-1-2-7-17-14)12-21-9-3-4-13(11-21)15-6-8-19-20-15/h1-2,5,7,13,15,19-20H,3-4,6,8-12H2,(H,18,22). The number of rotatable bonds is 5. The smallest absolute Gasteiger partial charge is 0.234 e. The van der Waals surface area contributed by atoms with Gasteiger partial charge in [0.1, 0.15) is 0 Å². The molecule has 0 saturated carbocycles. The van der Waals surface area contributed by atoms with Gasteiger partial charge in [0.05, 0.1) is 18.8 Å². The highest BCUT2D eigenvalue weighted by Gasteiger charge is 2.29. The Morgan fingerprint density at radius 1 is 1.41 bits per heavy atom. The summed E-state index contributed by atoms with van der Waals surface area (Å²) in [6.07, 6.45) is 5.37. The van der Waals surface area contributed by atoms with Gasteiger partial charge in [-0.05, 0) is 43.9 Å². The topological polar surface area (TPSA) is 69.3 Å². The minimum absolute atomic E-state index is 0.0869. The summed E-state index contributed by atoms with van der Waals surface area (Å²) >= 11 is 0. The molecule has 0 spiro atoms. The van der Waals surface area contributed by atoms with Gasteiger partial charge in [-0.25, -0.2) is 0 Å². The van der Waals surface area contributed by atoms with Crippen molar-refractivity contribution in [3.05, 3.63) is 30.1 Å². The van der Waals surface area contributed by atoms with Gasteiger partial charge in [-0.1, -0.05) is 6.07 Å². The molecule has 2 fully saturated rings. The van der Waals surface area contributed by atoms with Crippen LogP contribution in [0.15, 0.2) is 24.4 Å². The molecule has 0 aliphatic carbocycles. The lowest BCUT2D eigenvalue weighted by Crippen LogP contribution is -2.47. The summed E-state index contributed by atoms with van der Waals surface area (Å²) < 4.78 is 0. The summed E-state index contributed by atoms with van der Waals surface area (Å²) in [5.74, 6) is 0.733. The van der Waals surface area contributed by atoms with Gasteiger partial charge in [0, 0.05) is 25.3 Å². The first-order valence-electron chi connectivity index (χ1n) is 8.18. The molecule has 120 valence electrons. The second-order valence-electron chi connectivity index (χ2n) is 6.20. The molecule has 2 saturated heterocycles. The molecule has 6 heteroatoms. The van der Waals surface area contributed by atoms with E-state index in [-0.39, 0.29) is 5.91 Å². The van der Waals surface area contributed by atoms with Gasteiger partial charge in [-0.3, -0.25) is 25.5 Å². The van der Waals surface area contributed by atoms with Crippen LogP contribution in [-0.2, 0) is 11.3 Å². The zero-order chi connectivity index (χ0) is 15.2. The number of pyridine rings is 1. The maximum absolute atomic E-state index is 12.1. The number of piperidine rings is 1. The molecule has 0 bridgehead atoms. The summed E-state index contributed by atoms with van der Waals surface area (Å²) in [5.41, 5.74) is 7.47. The lowest BCUT2D eigenvalue weighted by atomic mass is 9.90. The lowest BCUT2D eigenvalue weighted by molar-refractivity contribution is -0.122. The van der Waals surface area contributed by atoms with Crippen LogP contribution < -0.4 is 16.2 Å². The normalized spacial score (nSPS) is 26.0. The Hall–Kier alpha value is -1.50. The number of carbonyl (C=O) groups is 1. The van der Waals surface area contributed by atoms with E-state index in [9.17, 15) is 4.79 Å². The molecule has 1 amide bonds. The molecule has 2 aliphatic heterocycles. The zero-order valence-electron chi connectivity index (χ0n) is 12.9. The van der Waals surface area contributed by atoms with E-state index in [2.05, 4.69) is 26.1 Å². The second kappa shape index (κ2) is 7.67. The van der Waals surface area contributed by atoms with E-state index in [1.165, 1.54) is 19.3 Å². The number of hydrogen-bond donors (Lipinski definition) is 3. The zero-order valence-corrected chi connectivity index (χ0v) is 12.9. The number of amides is 1. The van der Waals surface area contributed by atoms with Crippen LogP contribution in [0.5, 0.6) is 0 Å². The molecule has 1 aromatic heterocycles. The third kappa shape index (κ3) is 4.25. The van der Waals surface area contributed by atoms with Crippen molar-refractivity contribution in [1.82, 2.24) is 26.1 Å². The van der Waals surface area contributed by atoms with Crippen LogP contribution in [0.4, 0.5) is 0 Å². The highest BCUT2D eigenvalue weighted by atomic mass is 16.2. The molecular formula is C16H25N5O. The molecule has 0 radical (unpaired) electrons. The van der Waals surface area contributed by atoms with E-state index < -0.39 is 0 Å². The Morgan fingerprint density at radius 3 is 3.14 bits per heavy atom. The average Bonchev–Trinajstić information content (AvgIpc) is 3.09. The predicted molar refractivity (Wildman–Crippen MR) is 84.8 cm³/mol. The molecule has 3 heterocycles. The highest BCUT2D eigenvalue weighted by Crippen LogP contribution is 2.22. The van der Waals surface area contributed by atoms with Gasteiger partial charge in [0.15, 0.2) is 0 Å². The van der Waals surface area contributed by atoms with Crippen LogP contribution in [0, 0.1) is 5.92 Å². The fourth-order valence-corrected chi connectivity index (χ4v) is 3.37. The number of likely N-dealkylation sites (tertiary alicyclic amines) is 1. The second-order valence-corrected chi connectivity index (χ2v) is 6.20. The fraction of sp³-hybridized carbons (Fsp3) is 0.625. The molecule has 0 aromatic carbocycles. The van der Waals surface area contributed by atoms with Crippen molar-refractivity contribution >= 4 is 5.91 Å². The molecule has 22 heavy (non-hydrogen) atoms. The summed E-state index contributed by atoms with van der Waals surface area (Å²) in [5, 5.41) is 2.96. The summed E-state index contributed by atoms with van der Waals surface area (Å²) in [7, 11) is 0. The number of hydrazine groups is 1. The minimum atomic E-state index is 0.0869. The number of hydrogen-bond acceptors (Lipinski definition) is 5. The van der Waals surface area contributed by atoms with E-state index in [0.29, 0.717) is 25.0 Å². The van der Waals surface area contributed by atoms with Crippen LogP contribution in [0.3, 0.4) is 0 Å². The van der Waals surface area contributed by atoms with Crippen LogP contribution in [0.1, 0.15) is 25.0 Å². The molecule has 2 unspecified atom stereocenters. The van der Waals surface area contributed by atoms with Crippen molar-refractivity contribution in [2.24, 2.45) is 5.92 Å². The first-order chi connectivity index (χ1) is 10.8. The van der Waals surface area contributed by atoms with Crippen molar-refractivity contribution < 1.29 is 4.79 Å². The van der Waals surface area contributed by atoms with Crippen molar-refractivity contribution in [2.45, 2.75) is 31.8 Å². The summed E-state index contributed by atoms with van der Waals surface area (Å²) in [6.45, 7) is 4.07. The predicted octanol–water partition coefficient (Wildman–Crippen LogP) is 0.276. The van der Waals surface area contributed by atoms with E-state index in [1.807, 2.05) is 18.2 Å². The first-order valence-corrected chi connectivity index (χ1v) is 8.18. The maximum Gasteiger partial charge on any atom is 0.234 e.